The minimum Gasteiger partial charge on any atom is -0.477 e. The van der Waals surface area contributed by atoms with Crippen LogP contribution in [0.4, 0.5) is 10.6 Å². The summed E-state index contributed by atoms with van der Waals surface area (Å²) in [5.41, 5.74) is 0.0406. The molecule has 3 heterocycles. The van der Waals surface area contributed by atoms with Crippen molar-refractivity contribution in [2.45, 2.75) is 38.4 Å². The van der Waals surface area contributed by atoms with E-state index in [1.807, 2.05) is 29.7 Å². The third kappa shape index (κ3) is 2.47. The third-order valence-electron chi connectivity index (χ3n) is 4.31. The number of carboxylic acid groups (broad SMARTS) is 1. The molecule has 1 aromatic heterocycles. The Bertz CT molecular complexity index is 604. The molecule has 7 heteroatoms. The van der Waals surface area contributed by atoms with Crippen LogP contribution in [0, 0.1) is 0 Å². The normalized spacial score (nSPS) is 24.4. The molecule has 0 aromatic carbocycles. The molecule has 3 rings (SSSR count). The lowest BCUT2D eigenvalue weighted by Gasteiger charge is -2.38. The average molecular weight is 304 g/mol. The van der Waals surface area contributed by atoms with Crippen LogP contribution in [0.1, 0.15) is 30.8 Å². The summed E-state index contributed by atoms with van der Waals surface area (Å²) in [5.74, 6) is -0.382. The van der Waals surface area contributed by atoms with E-state index in [9.17, 15) is 9.59 Å². The molecule has 2 N–H and O–H groups in total. The number of hydrogen-bond acceptors (Lipinski definition) is 4. The fourth-order valence-electron chi connectivity index (χ4n) is 3.34. The van der Waals surface area contributed by atoms with Crippen LogP contribution in [0.25, 0.3) is 0 Å². The van der Waals surface area contributed by atoms with E-state index in [1.54, 1.807) is 6.07 Å². The molecular weight excluding hydrogens is 284 g/mol. The van der Waals surface area contributed by atoms with E-state index in [-0.39, 0.29) is 29.9 Å². The summed E-state index contributed by atoms with van der Waals surface area (Å²) >= 11 is 0. The quantitative estimate of drug-likeness (QED) is 0.875. The summed E-state index contributed by atoms with van der Waals surface area (Å²) in [6.07, 6.45) is 0.848. The number of urea groups is 1. The van der Waals surface area contributed by atoms with E-state index in [1.165, 1.54) is 6.07 Å². The molecule has 7 nitrogen and oxygen atoms in total. The van der Waals surface area contributed by atoms with Crippen molar-refractivity contribution in [1.29, 1.82) is 0 Å². The molecule has 0 bridgehead atoms. The number of anilines is 1. The van der Waals surface area contributed by atoms with Gasteiger partial charge in [-0.1, -0.05) is 6.07 Å². The van der Waals surface area contributed by atoms with Gasteiger partial charge in [-0.25, -0.2) is 14.6 Å². The van der Waals surface area contributed by atoms with Crippen molar-refractivity contribution in [3.05, 3.63) is 23.9 Å². The zero-order valence-corrected chi connectivity index (χ0v) is 12.7. The van der Waals surface area contributed by atoms with E-state index in [0.717, 1.165) is 13.0 Å². The molecule has 1 aromatic rings. The predicted molar refractivity (Wildman–Crippen MR) is 81.1 cm³/mol. The molecule has 118 valence electrons. The van der Waals surface area contributed by atoms with Crippen LogP contribution < -0.4 is 10.2 Å². The van der Waals surface area contributed by atoms with Crippen LogP contribution in [0.5, 0.6) is 0 Å². The van der Waals surface area contributed by atoms with E-state index in [0.29, 0.717) is 12.4 Å². The zero-order chi connectivity index (χ0) is 15.9. The van der Waals surface area contributed by atoms with Crippen LogP contribution >= 0.6 is 0 Å². The van der Waals surface area contributed by atoms with Crippen molar-refractivity contribution in [2.75, 3.05) is 18.0 Å². The summed E-state index contributed by atoms with van der Waals surface area (Å²) in [4.78, 5) is 31.2. The van der Waals surface area contributed by atoms with Gasteiger partial charge in [-0.05, 0) is 32.4 Å². The molecule has 0 radical (unpaired) electrons. The van der Waals surface area contributed by atoms with Crippen LogP contribution in [-0.2, 0) is 0 Å². The van der Waals surface area contributed by atoms with Gasteiger partial charge in [-0.15, -0.1) is 0 Å². The number of piperidine rings is 1. The first-order chi connectivity index (χ1) is 10.5. The highest BCUT2D eigenvalue weighted by atomic mass is 16.4. The van der Waals surface area contributed by atoms with Gasteiger partial charge in [0.1, 0.15) is 5.82 Å². The van der Waals surface area contributed by atoms with Gasteiger partial charge in [0.15, 0.2) is 5.69 Å². The van der Waals surface area contributed by atoms with Crippen molar-refractivity contribution in [2.24, 2.45) is 0 Å². The monoisotopic (exact) mass is 304 g/mol. The van der Waals surface area contributed by atoms with Crippen LogP contribution in [0.2, 0.25) is 0 Å². The molecule has 2 atom stereocenters. The summed E-state index contributed by atoms with van der Waals surface area (Å²) in [5, 5.41) is 12.1. The lowest BCUT2D eigenvalue weighted by molar-refractivity contribution is 0.0690. The molecule has 2 aliphatic rings. The largest absolute Gasteiger partial charge is 0.477 e. The number of aromatic carboxylic acids is 1. The predicted octanol–water partition coefficient (Wildman–Crippen LogP) is 1.16. The highest BCUT2D eigenvalue weighted by Gasteiger charge is 2.43. The van der Waals surface area contributed by atoms with Crippen molar-refractivity contribution in [1.82, 2.24) is 15.2 Å². The van der Waals surface area contributed by atoms with Gasteiger partial charge in [-0.2, -0.15) is 0 Å². The molecular formula is C15H20N4O3. The Hall–Kier alpha value is -2.31. The van der Waals surface area contributed by atoms with Gasteiger partial charge in [-0.3, -0.25) is 0 Å². The number of nitrogens with zero attached hydrogens (tertiary/aromatic N) is 3. The first kappa shape index (κ1) is 14.6. The number of carbonyl (C=O) groups excluding carboxylic acids is 1. The number of fused-ring (bicyclic) bond motifs is 1. The van der Waals surface area contributed by atoms with Gasteiger partial charge < -0.3 is 20.2 Å². The average Bonchev–Trinajstić information content (AvgIpc) is 2.82. The Morgan fingerprint density at radius 2 is 2.23 bits per heavy atom. The van der Waals surface area contributed by atoms with Crippen LogP contribution in [-0.4, -0.2) is 58.2 Å². The molecule has 2 fully saturated rings. The lowest BCUT2D eigenvalue weighted by Crippen LogP contribution is -2.52. The summed E-state index contributed by atoms with van der Waals surface area (Å²) in [6, 6.07) is 5.41. The number of aromatic nitrogens is 1. The summed E-state index contributed by atoms with van der Waals surface area (Å²) in [7, 11) is 0. The first-order valence-corrected chi connectivity index (χ1v) is 7.51. The van der Waals surface area contributed by atoms with Gasteiger partial charge in [0.2, 0.25) is 0 Å². The van der Waals surface area contributed by atoms with Gasteiger partial charge in [0, 0.05) is 19.1 Å². The van der Waals surface area contributed by atoms with Crippen molar-refractivity contribution in [3.8, 4) is 0 Å². The van der Waals surface area contributed by atoms with Crippen LogP contribution in [0.15, 0.2) is 18.2 Å². The molecule has 22 heavy (non-hydrogen) atoms. The minimum atomic E-state index is -1.03. The molecule has 0 aliphatic carbocycles. The lowest BCUT2D eigenvalue weighted by atomic mass is 9.99. The van der Waals surface area contributed by atoms with Gasteiger partial charge in [0.05, 0.1) is 12.1 Å². The smallest absolute Gasteiger partial charge is 0.354 e. The van der Waals surface area contributed by atoms with Crippen molar-refractivity contribution >= 4 is 17.8 Å². The number of pyridine rings is 1. The van der Waals surface area contributed by atoms with E-state index in [4.69, 9.17) is 5.11 Å². The maximum Gasteiger partial charge on any atom is 0.354 e. The fourth-order valence-corrected chi connectivity index (χ4v) is 3.34. The minimum absolute atomic E-state index is 0.0147. The number of nitrogens with one attached hydrogen (secondary N) is 1. The molecule has 0 spiro atoms. The topological polar surface area (TPSA) is 85.8 Å². The number of rotatable bonds is 3. The zero-order valence-electron chi connectivity index (χ0n) is 12.7. The van der Waals surface area contributed by atoms with Crippen molar-refractivity contribution < 1.29 is 14.7 Å². The molecule has 2 amide bonds. The Balaban J connectivity index is 1.77. The molecule has 0 saturated carbocycles. The standard InChI is InChI=1S/C15H20N4O3/c1-9(2)19-12-6-7-18(8-11(12)17-15(19)22)13-5-3-4-10(16-13)14(20)21/h3-5,9,11-12H,6-8H2,1-2H3,(H,17,22)(H,20,21)/t11-,12+/m1/s1. The Morgan fingerprint density at radius 3 is 2.91 bits per heavy atom. The maximum atomic E-state index is 12.1. The van der Waals surface area contributed by atoms with E-state index in [2.05, 4.69) is 10.3 Å². The molecule has 2 saturated heterocycles. The van der Waals surface area contributed by atoms with Gasteiger partial charge in [0.25, 0.3) is 0 Å². The number of carbonyl (C=O) groups is 2. The second kappa shape index (κ2) is 5.47. The Kier molecular flexibility index (Phi) is 3.64. The highest BCUT2D eigenvalue weighted by molar-refractivity contribution is 5.85. The third-order valence-corrected chi connectivity index (χ3v) is 4.31. The van der Waals surface area contributed by atoms with Crippen molar-refractivity contribution in [3.63, 3.8) is 0 Å². The van der Waals surface area contributed by atoms with E-state index >= 15 is 0 Å². The second-order valence-corrected chi connectivity index (χ2v) is 6.05. The first-order valence-electron chi connectivity index (χ1n) is 7.51. The summed E-state index contributed by atoms with van der Waals surface area (Å²) in [6.45, 7) is 5.45. The fraction of sp³-hybridized carbons (Fsp3) is 0.533. The molecule has 0 unspecified atom stereocenters. The van der Waals surface area contributed by atoms with E-state index < -0.39 is 5.97 Å². The second-order valence-electron chi connectivity index (χ2n) is 6.05. The molecule has 2 aliphatic heterocycles. The number of carboxylic acids is 1. The Labute approximate surface area is 128 Å². The Morgan fingerprint density at radius 1 is 1.45 bits per heavy atom. The number of hydrogen-bond donors (Lipinski definition) is 2. The maximum absolute atomic E-state index is 12.1. The highest BCUT2D eigenvalue weighted by Crippen LogP contribution is 2.27. The SMILES string of the molecule is CC(C)N1C(=O)N[C@@H]2CN(c3cccc(C(=O)O)n3)CC[C@@H]21. The summed E-state index contributed by atoms with van der Waals surface area (Å²) < 4.78 is 0. The van der Waals surface area contributed by atoms with Gasteiger partial charge >= 0.3 is 12.0 Å². The van der Waals surface area contributed by atoms with Crippen LogP contribution in [0.3, 0.4) is 0 Å². The number of amides is 2.